The largest absolute Gasteiger partial charge is 0.245 e. The second-order valence-electron chi connectivity index (χ2n) is 9.52. The van der Waals surface area contributed by atoms with Crippen LogP contribution in [0.2, 0.25) is 0 Å². The maximum absolute atomic E-state index is 5.33. The second-order valence-corrected chi connectivity index (χ2v) is 9.52. The van der Waals surface area contributed by atoms with Crippen LogP contribution in [0.3, 0.4) is 0 Å². The van der Waals surface area contributed by atoms with Gasteiger partial charge in [-0.3, -0.25) is 0 Å². The van der Waals surface area contributed by atoms with Crippen molar-refractivity contribution in [3.63, 3.8) is 0 Å². The van der Waals surface area contributed by atoms with Gasteiger partial charge in [0, 0.05) is 27.3 Å². The highest BCUT2D eigenvalue weighted by atomic mass is 14.8. The Hall–Kier alpha value is -4.56. The summed E-state index contributed by atoms with van der Waals surface area (Å²) in [7, 11) is 0. The maximum atomic E-state index is 5.33. The molecule has 170 valence electrons. The molecular weight excluding hydrogens is 436 g/mol. The fourth-order valence-electron chi connectivity index (χ4n) is 5.55. The van der Waals surface area contributed by atoms with E-state index in [1.807, 2.05) is 0 Å². The van der Waals surface area contributed by atoms with E-state index < -0.39 is 0 Å². The molecule has 6 aromatic rings. The Bertz CT molecular complexity index is 1770. The van der Waals surface area contributed by atoms with E-state index in [-0.39, 0.29) is 0 Å². The number of fused-ring (bicyclic) bond motifs is 2. The van der Waals surface area contributed by atoms with Crippen molar-refractivity contribution in [2.45, 2.75) is 13.8 Å². The first-order chi connectivity index (χ1) is 17.7. The third kappa shape index (κ3) is 3.11. The smallest absolute Gasteiger partial charge is 0.0979 e. The Balaban J connectivity index is 1.54. The number of rotatable bonds is 2. The summed E-state index contributed by atoms with van der Waals surface area (Å²) in [5.41, 5.74) is 8.60. The average Bonchev–Trinajstić information content (AvgIpc) is 3.19. The standard InChI is InChI=1S/C34H24N2/c1-21-9-3-15-26-24(21)13-7-19-30(26)35-33-28-17-5-11-23-12-6-18-29(32(23)28)34(33)36-31-20-8-14-25-22(2)10-4-16-27(25)31/h3-20H,1-2H3. The minimum Gasteiger partial charge on any atom is -0.245 e. The summed E-state index contributed by atoms with van der Waals surface area (Å²) in [6.45, 7) is 4.31. The van der Waals surface area contributed by atoms with Crippen molar-refractivity contribution < 1.29 is 0 Å². The minimum atomic E-state index is 0.931. The van der Waals surface area contributed by atoms with Gasteiger partial charge in [-0.15, -0.1) is 0 Å². The average molecular weight is 461 g/mol. The Morgan fingerprint density at radius 1 is 0.417 bits per heavy atom. The summed E-state index contributed by atoms with van der Waals surface area (Å²) in [5, 5.41) is 7.23. The third-order valence-electron chi connectivity index (χ3n) is 7.34. The molecule has 0 saturated carbocycles. The van der Waals surface area contributed by atoms with Crippen LogP contribution in [0.1, 0.15) is 22.3 Å². The zero-order valence-corrected chi connectivity index (χ0v) is 20.3. The lowest BCUT2D eigenvalue weighted by Crippen LogP contribution is -2.10. The van der Waals surface area contributed by atoms with E-state index in [1.54, 1.807) is 0 Å². The van der Waals surface area contributed by atoms with E-state index >= 15 is 0 Å². The molecule has 0 fully saturated rings. The third-order valence-corrected chi connectivity index (χ3v) is 7.34. The van der Waals surface area contributed by atoms with E-state index in [2.05, 4.69) is 123 Å². The molecule has 0 N–H and O–H groups in total. The molecular formula is C34H24N2. The molecule has 36 heavy (non-hydrogen) atoms. The molecule has 0 aliphatic heterocycles. The van der Waals surface area contributed by atoms with Gasteiger partial charge in [-0.2, -0.15) is 0 Å². The fourth-order valence-corrected chi connectivity index (χ4v) is 5.55. The van der Waals surface area contributed by atoms with Gasteiger partial charge in [0.1, 0.15) is 0 Å². The monoisotopic (exact) mass is 460 g/mol. The molecule has 0 amide bonds. The van der Waals surface area contributed by atoms with Gasteiger partial charge in [-0.05, 0) is 53.3 Å². The number of aryl methyl sites for hydroxylation is 2. The Morgan fingerprint density at radius 3 is 1.33 bits per heavy atom. The predicted molar refractivity (Wildman–Crippen MR) is 154 cm³/mol. The van der Waals surface area contributed by atoms with Crippen molar-refractivity contribution >= 4 is 55.1 Å². The summed E-state index contributed by atoms with van der Waals surface area (Å²) >= 11 is 0. The number of nitrogens with zero attached hydrogens (tertiary/aromatic N) is 2. The van der Waals surface area contributed by atoms with Gasteiger partial charge in [-0.25, -0.2) is 9.98 Å². The van der Waals surface area contributed by atoms with Crippen molar-refractivity contribution in [1.82, 2.24) is 0 Å². The summed E-state index contributed by atoms with van der Waals surface area (Å²) < 4.78 is 0. The summed E-state index contributed by atoms with van der Waals surface area (Å²) in [5.74, 6) is 0. The van der Waals surface area contributed by atoms with E-state index in [0.717, 1.165) is 44.7 Å². The number of benzene rings is 6. The van der Waals surface area contributed by atoms with Crippen LogP contribution in [-0.4, -0.2) is 11.4 Å². The zero-order valence-electron chi connectivity index (χ0n) is 20.3. The first-order valence-electron chi connectivity index (χ1n) is 12.4. The van der Waals surface area contributed by atoms with Gasteiger partial charge in [-0.1, -0.05) is 97.1 Å². The normalized spacial score (nSPS) is 15.1. The highest BCUT2D eigenvalue weighted by molar-refractivity contribution is 6.61. The lowest BCUT2D eigenvalue weighted by Gasteiger charge is -2.09. The van der Waals surface area contributed by atoms with E-state index in [1.165, 1.54) is 32.7 Å². The molecule has 0 radical (unpaired) electrons. The van der Waals surface area contributed by atoms with Gasteiger partial charge in [0.25, 0.3) is 0 Å². The van der Waals surface area contributed by atoms with Gasteiger partial charge in [0.2, 0.25) is 0 Å². The van der Waals surface area contributed by atoms with Crippen molar-refractivity contribution in [3.8, 4) is 0 Å². The quantitative estimate of drug-likeness (QED) is 0.246. The molecule has 2 heteroatoms. The van der Waals surface area contributed by atoms with Crippen LogP contribution in [0.25, 0.3) is 32.3 Å². The van der Waals surface area contributed by atoms with Crippen molar-refractivity contribution in [2.75, 3.05) is 0 Å². The van der Waals surface area contributed by atoms with E-state index in [9.17, 15) is 0 Å². The highest BCUT2D eigenvalue weighted by Gasteiger charge is 2.27. The van der Waals surface area contributed by atoms with Gasteiger partial charge in [0.15, 0.2) is 0 Å². The molecule has 6 aromatic carbocycles. The number of hydrogen-bond acceptors (Lipinski definition) is 2. The van der Waals surface area contributed by atoms with Crippen LogP contribution in [0, 0.1) is 13.8 Å². The molecule has 0 bridgehead atoms. The van der Waals surface area contributed by atoms with Crippen LogP contribution in [0.5, 0.6) is 0 Å². The second kappa shape index (κ2) is 8.00. The zero-order chi connectivity index (χ0) is 24.2. The molecule has 7 rings (SSSR count). The number of aliphatic imine (C=N–C) groups is 2. The molecule has 2 nitrogen and oxygen atoms in total. The van der Waals surface area contributed by atoms with Gasteiger partial charge < -0.3 is 0 Å². The first kappa shape index (κ1) is 20.8. The molecule has 1 aliphatic rings. The molecule has 1 aliphatic carbocycles. The molecule has 0 heterocycles. The van der Waals surface area contributed by atoms with Crippen molar-refractivity contribution in [3.05, 3.63) is 131 Å². The topological polar surface area (TPSA) is 24.7 Å². The van der Waals surface area contributed by atoms with Crippen molar-refractivity contribution in [2.24, 2.45) is 9.98 Å². The first-order valence-corrected chi connectivity index (χ1v) is 12.4. The van der Waals surface area contributed by atoms with E-state index in [0.29, 0.717) is 0 Å². The number of hydrogen-bond donors (Lipinski definition) is 0. The Kier molecular flexibility index (Phi) is 4.62. The predicted octanol–water partition coefficient (Wildman–Crippen LogP) is 9.02. The minimum absolute atomic E-state index is 0.931. The van der Waals surface area contributed by atoms with Gasteiger partial charge >= 0.3 is 0 Å². The molecule has 0 spiro atoms. The van der Waals surface area contributed by atoms with Crippen LogP contribution in [0.4, 0.5) is 11.4 Å². The van der Waals surface area contributed by atoms with Crippen LogP contribution in [-0.2, 0) is 0 Å². The molecule has 0 aromatic heterocycles. The van der Waals surface area contributed by atoms with E-state index in [4.69, 9.17) is 9.98 Å². The van der Waals surface area contributed by atoms with Crippen molar-refractivity contribution in [1.29, 1.82) is 0 Å². The van der Waals surface area contributed by atoms with Crippen LogP contribution in [0.15, 0.2) is 119 Å². The summed E-state index contributed by atoms with van der Waals surface area (Å²) in [4.78, 5) is 10.7. The lowest BCUT2D eigenvalue weighted by molar-refractivity contribution is 1.49. The molecule has 0 atom stereocenters. The highest BCUT2D eigenvalue weighted by Crippen LogP contribution is 2.37. The molecule has 0 unspecified atom stereocenters. The summed E-state index contributed by atoms with van der Waals surface area (Å²) in [6.07, 6.45) is 0. The summed E-state index contributed by atoms with van der Waals surface area (Å²) in [6, 6.07) is 38.5. The lowest BCUT2D eigenvalue weighted by atomic mass is 10.0. The Labute approximate surface area is 210 Å². The molecule has 0 saturated heterocycles. The maximum Gasteiger partial charge on any atom is 0.0979 e. The SMILES string of the molecule is Cc1cccc2c(N=C3C(=Nc4cccc5c(C)cccc45)c4cccc5cccc3c45)cccc12. The Morgan fingerprint density at radius 2 is 0.833 bits per heavy atom. The van der Waals surface area contributed by atoms with Crippen LogP contribution >= 0.6 is 0 Å². The fraction of sp³-hybridized carbons (Fsp3) is 0.0588. The van der Waals surface area contributed by atoms with Gasteiger partial charge in [0.05, 0.1) is 22.8 Å². The van der Waals surface area contributed by atoms with Crippen LogP contribution < -0.4 is 0 Å².